The molecule has 1 saturated heterocycles. The topological polar surface area (TPSA) is 41.1 Å². The van der Waals surface area contributed by atoms with Crippen LogP contribution < -0.4 is 10.6 Å². The van der Waals surface area contributed by atoms with Gasteiger partial charge >= 0.3 is 0 Å². The maximum absolute atomic E-state index is 12.4. The molecule has 1 aliphatic heterocycles. The lowest BCUT2D eigenvalue weighted by atomic mass is 9.91. The summed E-state index contributed by atoms with van der Waals surface area (Å²) in [5.74, 6) is 0.463. The van der Waals surface area contributed by atoms with Crippen LogP contribution in [0.1, 0.15) is 37.8 Å². The fraction of sp³-hybridized carbons (Fsp3) is 0.562. The van der Waals surface area contributed by atoms with Crippen LogP contribution in [0.3, 0.4) is 0 Å². The second-order valence-corrected chi connectivity index (χ2v) is 6.98. The third-order valence-corrected chi connectivity index (χ3v) is 5.56. The van der Waals surface area contributed by atoms with Gasteiger partial charge in [-0.15, -0.1) is 0 Å². The lowest BCUT2D eigenvalue weighted by molar-refractivity contribution is -0.123. The second kappa shape index (κ2) is 5.49. The first-order valence-electron chi connectivity index (χ1n) is 7.38. The van der Waals surface area contributed by atoms with Crippen LogP contribution in [0.2, 0.25) is 0 Å². The number of amides is 1. The molecule has 0 aromatic heterocycles. The van der Waals surface area contributed by atoms with Gasteiger partial charge in [-0.1, -0.05) is 34.1 Å². The average molecular weight is 337 g/mol. The van der Waals surface area contributed by atoms with Gasteiger partial charge < -0.3 is 10.6 Å². The summed E-state index contributed by atoms with van der Waals surface area (Å²) < 4.78 is 1.06. The van der Waals surface area contributed by atoms with Gasteiger partial charge in [-0.3, -0.25) is 4.79 Å². The molecule has 1 unspecified atom stereocenters. The Morgan fingerprint density at radius 3 is 2.80 bits per heavy atom. The summed E-state index contributed by atoms with van der Waals surface area (Å²) in [5.41, 5.74) is 1.45. The van der Waals surface area contributed by atoms with E-state index in [-0.39, 0.29) is 17.9 Å². The molecule has 108 valence electrons. The molecule has 1 aromatic carbocycles. The molecule has 1 aliphatic carbocycles. The zero-order chi connectivity index (χ0) is 14.2. The van der Waals surface area contributed by atoms with Gasteiger partial charge in [0.15, 0.2) is 0 Å². The summed E-state index contributed by atoms with van der Waals surface area (Å²) in [7, 11) is 0. The van der Waals surface area contributed by atoms with Gasteiger partial charge in [-0.2, -0.15) is 0 Å². The van der Waals surface area contributed by atoms with Gasteiger partial charge in [0.25, 0.3) is 0 Å². The molecule has 2 fully saturated rings. The van der Waals surface area contributed by atoms with Crippen LogP contribution in [0.15, 0.2) is 28.7 Å². The van der Waals surface area contributed by atoms with Crippen molar-refractivity contribution in [2.75, 3.05) is 13.1 Å². The van der Waals surface area contributed by atoms with Gasteiger partial charge in [0, 0.05) is 10.4 Å². The number of piperidine rings is 1. The van der Waals surface area contributed by atoms with E-state index in [2.05, 4.69) is 39.6 Å². The molecule has 20 heavy (non-hydrogen) atoms. The number of halogens is 1. The Morgan fingerprint density at radius 1 is 1.40 bits per heavy atom. The van der Waals surface area contributed by atoms with E-state index < -0.39 is 0 Å². The molecule has 1 aromatic rings. The van der Waals surface area contributed by atoms with E-state index in [0.717, 1.165) is 42.4 Å². The van der Waals surface area contributed by atoms with Gasteiger partial charge in [-0.05, 0) is 56.3 Å². The van der Waals surface area contributed by atoms with E-state index in [1.54, 1.807) is 0 Å². The SMILES string of the molecule is C[C@@H](NC(=O)C1CC12CCNCC2)c1ccccc1Br. The predicted octanol–water partition coefficient (Wildman–Crippen LogP) is 3.02. The predicted molar refractivity (Wildman–Crippen MR) is 83.3 cm³/mol. The summed E-state index contributed by atoms with van der Waals surface area (Å²) in [5, 5.41) is 6.56. The Bertz CT molecular complexity index is 511. The number of nitrogens with one attached hydrogen (secondary N) is 2. The molecule has 1 heterocycles. The monoisotopic (exact) mass is 336 g/mol. The summed E-state index contributed by atoms with van der Waals surface area (Å²) in [6, 6.07) is 8.13. The van der Waals surface area contributed by atoms with Crippen molar-refractivity contribution in [2.45, 2.75) is 32.2 Å². The third-order valence-electron chi connectivity index (χ3n) is 4.84. The fourth-order valence-corrected chi connectivity index (χ4v) is 4.04. The van der Waals surface area contributed by atoms with Crippen LogP contribution >= 0.6 is 15.9 Å². The standard InChI is InChI=1S/C16H21BrN2O/c1-11(12-4-2-3-5-14(12)17)19-15(20)13-10-16(13)6-8-18-9-7-16/h2-5,11,13,18H,6-10H2,1H3,(H,19,20)/t11-,13?/m1/s1. The maximum atomic E-state index is 12.4. The van der Waals surface area contributed by atoms with Crippen molar-refractivity contribution in [3.63, 3.8) is 0 Å². The van der Waals surface area contributed by atoms with E-state index in [4.69, 9.17) is 0 Å². The normalized spacial score (nSPS) is 25.2. The van der Waals surface area contributed by atoms with Crippen LogP contribution in [0, 0.1) is 11.3 Å². The fourth-order valence-electron chi connectivity index (χ4n) is 3.41. The minimum Gasteiger partial charge on any atom is -0.349 e. The molecular formula is C16H21BrN2O. The first-order valence-corrected chi connectivity index (χ1v) is 8.17. The highest BCUT2D eigenvalue weighted by atomic mass is 79.9. The van der Waals surface area contributed by atoms with Crippen molar-refractivity contribution in [3.8, 4) is 0 Å². The Kier molecular flexibility index (Phi) is 3.87. The largest absolute Gasteiger partial charge is 0.349 e. The molecule has 2 atom stereocenters. The summed E-state index contributed by atoms with van der Waals surface area (Å²) in [4.78, 5) is 12.4. The van der Waals surface area contributed by atoms with Crippen molar-refractivity contribution in [2.24, 2.45) is 11.3 Å². The highest BCUT2D eigenvalue weighted by Gasteiger charge is 2.57. The molecule has 1 spiro atoms. The van der Waals surface area contributed by atoms with Crippen molar-refractivity contribution in [3.05, 3.63) is 34.3 Å². The molecule has 3 rings (SSSR count). The Morgan fingerprint density at radius 2 is 2.10 bits per heavy atom. The Labute approximate surface area is 128 Å². The number of carbonyl (C=O) groups excluding carboxylic acids is 1. The van der Waals surface area contributed by atoms with Crippen LogP contribution in [0.5, 0.6) is 0 Å². The molecular weight excluding hydrogens is 316 g/mol. The van der Waals surface area contributed by atoms with E-state index in [1.165, 1.54) is 0 Å². The van der Waals surface area contributed by atoms with E-state index >= 15 is 0 Å². The summed E-state index contributed by atoms with van der Waals surface area (Å²) in [6.07, 6.45) is 3.37. The van der Waals surface area contributed by atoms with Crippen molar-refractivity contribution in [1.29, 1.82) is 0 Å². The molecule has 3 nitrogen and oxygen atoms in total. The third kappa shape index (κ3) is 2.63. The van der Waals surface area contributed by atoms with Crippen molar-refractivity contribution < 1.29 is 4.79 Å². The molecule has 0 radical (unpaired) electrons. The van der Waals surface area contributed by atoms with Crippen LogP contribution in [0.4, 0.5) is 0 Å². The van der Waals surface area contributed by atoms with Gasteiger partial charge in [-0.25, -0.2) is 0 Å². The lowest BCUT2D eigenvalue weighted by Crippen LogP contribution is -2.34. The maximum Gasteiger partial charge on any atom is 0.224 e. The average Bonchev–Trinajstić information content (AvgIpc) is 3.13. The van der Waals surface area contributed by atoms with Gasteiger partial charge in [0.05, 0.1) is 6.04 Å². The Hall–Kier alpha value is -0.870. The van der Waals surface area contributed by atoms with Crippen LogP contribution in [-0.4, -0.2) is 19.0 Å². The zero-order valence-electron chi connectivity index (χ0n) is 11.8. The van der Waals surface area contributed by atoms with E-state index in [0.29, 0.717) is 5.41 Å². The number of rotatable bonds is 3. The van der Waals surface area contributed by atoms with Crippen molar-refractivity contribution in [1.82, 2.24) is 10.6 Å². The smallest absolute Gasteiger partial charge is 0.224 e. The first-order chi connectivity index (χ1) is 9.62. The second-order valence-electron chi connectivity index (χ2n) is 6.12. The lowest BCUT2D eigenvalue weighted by Gasteiger charge is -2.24. The molecule has 1 saturated carbocycles. The molecule has 2 N–H and O–H groups in total. The number of hydrogen-bond donors (Lipinski definition) is 2. The van der Waals surface area contributed by atoms with Crippen LogP contribution in [-0.2, 0) is 4.79 Å². The minimum atomic E-state index is 0.0532. The minimum absolute atomic E-state index is 0.0532. The van der Waals surface area contributed by atoms with E-state index in [1.807, 2.05) is 18.2 Å². The highest BCUT2D eigenvalue weighted by molar-refractivity contribution is 9.10. The van der Waals surface area contributed by atoms with Crippen LogP contribution in [0.25, 0.3) is 0 Å². The van der Waals surface area contributed by atoms with E-state index in [9.17, 15) is 4.79 Å². The quantitative estimate of drug-likeness (QED) is 0.890. The Balaban J connectivity index is 1.61. The number of carbonyl (C=O) groups is 1. The van der Waals surface area contributed by atoms with Gasteiger partial charge in [0.2, 0.25) is 5.91 Å². The van der Waals surface area contributed by atoms with Gasteiger partial charge in [0.1, 0.15) is 0 Å². The number of hydrogen-bond acceptors (Lipinski definition) is 2. The molecule has 4 heteroatoms. The first kappa shape index (κ1) is 14.1. The molecule has 1 amide bonds. The number of benzene rings is 1. The summed E-state index contributed by atoms with van der Waals surface area (Å²) in [6.45, 7) is 4.17. The zero-order valence-corrected chi connectivity index (χ0v) is 13.4. The molecule has 2 aliphatic rings. The summed E-state index contributed by atoms with van der Waals surface area (Å²) >= 11 is 3.55. The van der Waals surface area contributed by atoms with Crippen molar-refractivity contribution >= 4 is 21.8 Å². The highest BCUT2D eigenvalue weighted by Crippen LogP contribution is 2.58. The molecule has 0 bridgehead atoms.